The molecule has 0 saturated carbocycles. The van der Waals surface area contributed by atoms with Crippen LogP contribution in [0.25, 0.3) is 11.4 Å². The minimum absolute atomic E-state index is 0.807. The van der Waals surface area contributed by atoms with E-state index in [-0.39, 0.29) is 0 Å². The summed E-state index contributed by atoms with van der Waals surface area (Å²) in [5.74, 6) is 0. The highest BCUT2D eigenvalue weighted by Crippen LogP contribution is 2.15. The minimum atomic E-state index is 0.807. The molecule has 0 saturated heterocycles. The van der Waals surface area contributed by atoms with E-state index in [1.54, 1.807) is 12.4 Å². The van der Waals surface area contributed by atoms with E-state index in [9.17, 15) is 0 Å². The van der Waals surface area contributed by atoms with E-state index < -0.39 is 0 Å². The van der Waals surface area contributed by atoms with Gasteiger partial charge in [-0.05, 0) is 30.5 Å². The topological polar surface area (TPSA) is 38.7 Å². The van der Waals surface area contributed by atoms with Gasteiger partial charge in [0.15, 0.2) is 0 Å². The van der Waals surface area contributed by atoms with Crippen LogP contribution in [0, 0.1) is 6.92 Å². The number of aryl methyl sites for hydroxylation is 1. The molecule has 0 amide bonds. The fourth-order valence-electron chi connectivity index (χ4n) is 2.04. The fraction of sp³-hybridized carbons (Fsp3) is 0.118. The maximum Gasteiger partial charge on any atom is 0.107 e. The first-order chi connectivity index (χ1) is 9.81. The molecule has 2 aromatic heterocycles. The lowest BCUT2D eigenvalue weighted by molar-refractivity contribution is 1.10. The number of aromatic nitrogens is 3. The molecular formula is C17H15N3. The Hall–Kier alpha value is -2.55. The fourth-order valence-corrected chi connectivity index (χ4v) is 2.04. The first kappa shape index (κ1) is 12.5. The van der Waals surface area contributed by atoms with E-state index in [1.807, 2.05) is 25.3 Å². The number of rotatable bonds is 3. The largest absolute Gasteiger partial charge is 0.258 e. The molecule has 0 aliphatic heterocycles. The van der Waals surface area contributed by atoms with Gasteiger partial charge in [-0.25, -0.2) is 0 Å². The summed E-state index contributed by atoms with van der Waals surface area (Å²) in [5.41, 5.74) is 5.06. The van der Waals surface area contributed by atoms with Gasteiger partial charge in [0.1, 0.15) is 5.69 Å². The zero-order valence-corrected chi connectivity index (χ0v) is 11.3. The highest BCUT2D eigenvalue weighted by atomic mass is 14.8. The van der Waals surface area contributed by atoms with Crippen LogP contribution in [0.4, 0.5) is 0 Å². The third-order valence-electron chi connectivity index (χ3n) is 3.12. The van der Waals surface area contributed by atoms with Crippen LogP contribution in [0.3, 0.4) is 0 Å². The van der Waals surface area contributed by atoms with Crippen LogP contribution < -0.4 is 0 Å². The second-order valence-electron chi connectivity index (χ2n) is 4.76. The molecule has 98 valence electrons. The summed E-state index contributed by atoms with van der Waals surface area (Å²) >= 11 is 0. The Morgan fingerprint density at radius 3 is 2.15 bits per heavy atom. The molecule has 3 aromatic rings. The van der Waals surface area contributed by atoms with Crippen LogP contribution in [0.5, 0.6) is 0 Å². The summed E-state index contributed by atoms with van der Waals surface area (Å²) in [7, 11) is 0. The molecule has 0 radical (unpaired) electrons. The van der Waals surface area contributed by atoms with Crippen molar-refractivity contribution in [2.24, 2.45) is 0 Å². The molecule has 0 fully saturated rings. The number of pyridine rings is 1. The molecular weight excluding hydrogens is 246 g/mol. The highest BCUT2D eigenvalue weighted by molar-refractivity contribution is 5.52. The zero-order chi connectivity index (χ0) is 13.8. The minimum Gasteiger partial charge on any atom is -0.258 e. The van der Waals surface area contributed by atoms with Gasteiger partial charge in [0.05, 0.1) is 17.6 Å². The predicted molar refractivity (Wildman–Crippen MR) is 79.2 cm³/mol. The Kier molecular flexibility index (Phi) is 3.50. The Morgan fingerprint density at radius 2 is 1.50 bits per heavy atom. The zero-order valence-electron chi connectivity index (χ0n) is 11.3. The van der Waals surface area contributed by atoms with Crippen molar-refractivity contribution >= 4 is 0 Å². The van der Waals surface area contributed by atoms with Crippen molar-refractivity contribution in [1.29, 1.82) is 0 Å². The second-order valence-corrected chi connectivity index (χ2v) is 4.76. The van der Waals surface area contributed by atoms with Gasteiger partial charge in [0, 0.05) is 12.4 Å². The summed E-state index contributed by atoms with van der Waals surface area (Å²) in [4.78, 5) is 13.1. The summed E-state index contributed by atoms with van der Waals surface area (Å²) in [6, 6.07) is 14.5. The summed E-state index contributed by atoms with van der Waals surface area (Å²) in [6.07, 6.45) is 6.32. The third kappa shape index (κ3) is 2.88. The van der Waals surface area contributed by atoms with E-state index in [2.05, 4.69) is 45.3 Å². The van der Waals surface area contributed by atoms with Crippen LogP contribution in [0.1, 0.15) is 16.8 Å². The van der Waals surface area contributed by atoms with Crippen LogP contribution in [-0.4, -0.2) is 15.0 Å². The number of nitrogens with zero attached hydrogens (tertiary/aromatic N) is 3. The third-order valence-corrected chi connectivity index (χ3v) is 3.12. The van der Waals surface area contributed by atoms with E-state index in [4.69, 9.17) is 0 Å². The van der Waals surface area contributed by atoms with Gasteiger partial charge >= 0.3 is 0 Å². The summed E-state index contributed by atoms with van der Waals surface area (Å²) in [5, 5.41) is 0. The standard InChI is InChI=1S/C17H15N3/c1-13-10-19-17(12-18-13)16-8-7-15(11-20-16)9-14-5-3-2-4-6-14/h2-8,10-12H,9H2,1H3. The van der Waals surface area contributed by atoms with Crippen molar-refractivity contribution in [2.75, 3.05) is 0 Å². The van der Waals surface area contributed by atoms with Crippen molar-refractivity contribution in [2.45, 2.75) is 13.3 Å². The van der Waals surface area contributed by atoms with Gasteiger partial charge in [0.2, 0.25) is 0 Å². The van der Waals surface area contributed by atoms with Gasteiger partial charge in [0.25, 0.3) is 0 Å². The Balaban J connectivity index is 1.79. The van der Waals surface area contributed by atoms with Gasteiger partial charge in [-0.15, -0.1) is 0 Å². The lowest BCUT2D eigenvalue weighted by atomic mass is 10.1. The molecule has 3 rings (SSSR count). The van der Waals surface area contributed by atoms with Crippen molar-refractivity contribution in [3.8, 4) is 11.4 Å². The van der Waals surface area contributed by atoms with Crippen LogP contribution >= 0.6 is 0 Å². The average molecular weight is 261 g/mol. The highest BCUT2D eigenvalue weighted by Gasteiger charge is 2.02. The quantitative estimate of drug-likeness (QED) is 0.725. The monoisotopic (exact) mass is 261 g/mol. The van der Waals surface area contributed by atoms with Crippen molar-refractivity contribution in [3.63, 3.8) is 0 Å². The van der Waals surface area contributed by atoms with E-state index >= 15 is 0 Å². The molecule has 0 unspecified atom stereocenters. The SMILES string of the molecule is Cc1cnc(-c2ccc(Cc3ccccc3)cn2)cn1. The maximum atomic E-state index is 4.47. The van der Waals surface area contributed by atoms with Gasteiger partial charge < -0.3 is 0 Å². The Labute approximate surface area is 118 Å². The molecule has 2 heterocycles. The number of hydrogen-bond acceptors (Lipinski definition) is 3. The summed E-state index contributed by atoms with van der Waals surface area (Å²) in [6.45, 7) is 1.92. The van der Waals surface area contributed by atoms with Crippen molar-refractivity contribution in [3.05, 3.63) is 77.9 Å². The first-order valence-electron chi connectivity index (χ1n) is 6.59. The van der Waals surface area contributed by atoms with Crippen molar-refractivity contribution < 1.29 is 0 Å². The van der Waals surface area contributed by atoms with Gasteiger partial charge in [-0.1, -0.05) is 36.4 Å². The molecule has 0 N–H and O–H groups in total. The average Bonchev–Trinajstić information content (AvgIpc) is 2.50. The lowest BCUT2D eigenvalue weighted by Crippen LogP contribution is -1.93. The van der Waals surface area contributed by atoms with Gasteiger partial charge in [-0.2, -0.15) is 0 Å². The smallest absolute Gasteiger partial charge is 0.107 e. The maximum absolute atomic E-state index is 4.47. The second kappa shape index (κ2) is 5.61. The molecule has 0 bridgehead atoms. The Morgan fingerprint density at radius 1 is 0.700 bits per heavy atom. The lowest BCUT2D eigenvalue weighted by Gasteiger charge is -2.03. The van der Waals surface area contributed by atoms with Crippen LogP contribution in [0.2, 0.25) is 0 Å². The molecule has 1 aromatic carbocycles. The Bertz CT molecular complexity index is 674. The van der Waals surface area contributed by atoms with Crippen LogP contribution in [0.15, 0.2) is 61.1 Å². The van der Waals surface area contributed by atoms with E-state index in [0.717, 1.165) is 23.5 Å². The van der Waals surface area contributed by atoms with Crippen LogP contribution in [-0.2, 0) is 6.42 Å². The summed E-state index contributed by atoms with van der Waals surface area (Å²) < 4.78 is 0. The van der Waals surface area contributed by atoms with Crippen molar-refractivity contribution in [1.82, 2.24) is 15.0 Å². The normalized spacial score (nSPS) is 10.4. The molecule has 3 heteroatoms. The molecule has 20 heavy (non-hydrogen) atoms. The molecule has 0 spiro atoms. The predicted octanol–water partition coefficient (Wildman–Crippen LogP) is 3.44. The number of hydrogen-bond donors (Lipinski definition) is 0. The van der Waals surface area contributed by atoms with E-state index in [0.29, 0.717) is 0 Å². The molecule has 0 aliphatic rings. The van der Waals surface area contributed by atoms with E-state index in [1.165, 1.54) is 11.1 Å². The molecule has 0 aliphatic carbocycles. The number of benzene rings is 1. The van der Waals surface area contributed by atoms with Gasteiger partial charge in [-0.3, -0.25) is 15.0 Å². The first-order valence-corrected chi connectivity index (χ1v) is 6.59. The molecule has 0 atom stereocenters. The molecule has 3 nitrogen and oxygen atoms in total.